The van der Waals surface area contributed by atoms with Crippen LogP contribution in [0.1, 0.15) is 42.0 Å². The SMILES string of the molecule is Cc1oc(C(=O)NCC2CCCN2)cc1S(=O)(=O)N1CCCC1.Cl. The molecule has 24 heavy (non-hydrogen) atoms. The van der Waals surface area contributed by atoms with E-state index in [1.807, 2.05) is 0 Å². The summed E-state index contributed by atoms with van der Waals surface area (Å²) in [6.07, 6.45) is 3.89. The van der Waals surface area contributed by atoms with E-state index in [4.69, 9.17) is 4.42 Å². The van der Waals surface area contributed by atoms with Crippen molar-refractivity contribution in [3.8, 4) is 0 Å². The molecule has 2 N–H and O–H groups in total. The topological polar surface area (TPSA) is 91.6 Å². The quantitative estimate of drug-likeness (QED) is 0.806. The first kappa shape index (κ1) is 19.2. The van der Waals surface area contributed by atoms with Crippen LogP contribution >= 0.6 is 12.4 Å². The van der Waals surface area contributed by atoms with Crippen LogP contribution in [0.3, 0.4) is 0 Å². The van der Waals surface area contributed by atoms with Crippen LogP contribution in [0.5, 0.6) is 0 Å². The summed E-state index contributed by atoms with van der Waals surface area (Å²) in [4.78, 5) is 12.3. The number of hydrogen-bond acceptors (Lipinski definition) is 5. The molecule has 2 fully saturated rings. The Balaban J connectivity index is 0.00000208. The second kappa shape index (κ2) is 7.86. The van der Waals surface area contributed by atoms with Gasteiger partial charge in [0, 0.05) is 31.7 Å². The van der Waals surface area contributed by atoms with E-state index in [9.17, 15) is 13.2 Å². The first-order valence-electron chi connectivity index (χ1n) is 8.10. The van der Waals surface area contributed by atoms with Crippen LogP contribution in [0.15, 0.2) is 15.4 Å². The molecule has 1 atom stereocenters. The largest absolute Gasteiger partial charge is 0.455 e. The predicted molar refractivity (Wildman–Crippen MR) is 92.0 cm³/mol. The van der Waals surface area contributed by atoms with Gasteiger partial charge in [-0.25, -0.2) is 8.42 Å². The van der Waals surface area contributed by atoms with E-state index in [2.05, 4.69) is 10.6 Å². The smallest absolute Gasteiger partial charge is 0.287 e. The molecular weight excluding hydrogens is 354 g/mol. The van der Waals surface area contributed by atoms with Crippen molar-refractivity contribution in [1.29, 1.82) is 0 Å². The van der Waals surface area contributed by atoms with Crippen molar-refractivity contribution in [3.05, 3.63) is 17.6 Å². The monoisotopic (exact) mass is 377 g/mol. The van der Waals surface area contributed by atoms with E-state index >= 15 is 0 Å². The van der Waals surface area contributed by atoms with E-state index < -0.39 is 10.0 Å². The van der Waals surface area contributed by atoms with Gasteiger partial charge in [0.15, 0.2) is 5.76 Å². The summed E-state index contributed by atoms with van der Waals surface area (Å²) in [5.41, 5.74) is 0. The summed E-state index contributed by atoms with van der Waals surface area (Å²) < 4.78 is 32.0. The number of furan rings is 1. The van der Waals surface area contributed by atoms with Crippen LogP contribution < -0.4 is 10.6 Å². The fraction of sp³-hybridized carbons (Fsp3) is 0.667. The number of carbonyl (C=O) groups excluding carboxylic acids is 1. The zero-order valence-corrected chi connectivity index (χ0v) is 15.3. The third-order valence-corrected chi connectivity index (χ3v) is 6.46. The maximum absolute atomic E-state index is 12.6. The molecule has 2 aliphatic heterocycles. The maximum atomic E-state index is 12.6. The van der Waals surface area contributed by atoms with E-state index in [0.717, 1.165) is 32.2 Å². The van der Waals surface area contributed by atoms with Crippen LogP contribution in [0.2, 0.25) is 0 Å². The molecule has 0 bridgehead atoms. The number of rotatable bonds is 5. The van der Waals surface area contributed by atoms with Gasteiger partial charge in [0.2, 0.25) is 10.0 Å². The Morgan fingerprint density at radius 1 is 1.38 bits per heavy atom. The minimum Gasteiger partial charge on any atom is -0.455 e. The molecule has 2 aliphatic rings. The highest BCUT2D eigenvalue weighted by Gasteiger charge is 2.31. The predicted octanol–water partition coefficient (Wildman–Crippen LogP) is 1.28. The Morgan fingerprint density at radius 3 is 2.71 bits per heavy atom. The van der Waals surface area contributed by atoms with Crippen molar-refractivity contribution in [2.75, 3.05) is 26.2 Å². The van der Waals surface area contributed by atoms with Crippen molar-refractivity contribution >= 4 is 28.3 Å². The minimum atomic E-state index is -3.57. The molecule has 136 valence electrons. The molecule has 1 aromatic heterocycles. The lowest BCUT2D eigenvalue weighted by molar-refractivity contribution is 0.0921. The number of amides is 1. The van der Waals surface area contributed by atoms with E-state index in [0.29, 0.717) is 19.6 Å². The van der Waals surface area contributed by atoms with Gasteiger partial charge in [-0.1, -0.05) is 0 Å². The summed E-state index contributed by atoms with van der Waals surface area (Å²) in [6, 6.07) is 1.63. The van der Waals surface area contributed by atoms with Gasteiger partial charge in [-0.2, -0.15) is 4.31 Å². The zero-order chi connectivity index (χ0) is 16.4. The Bertz CT molecular complexity index is 677. The van der Waals surface area contributed by atoms with Gasteiger partial charge in [-0.3, -0.25) is 4.79 Å². The number of sulfonamides is 1. The Morgan fingerprint density at radius 2 is 2.08 bits per heavy atom. The zero-order valence-electron chi connectivity index (χ0n) is 13.7. The number of carbonyl (C=O) groups is 1. The molecule has 3 heterocycles. The third-order valence-electron chi connectivity index (χ3n) is 4.45. The Labute approximate surface area is 148 Å². The first-order valence-corrected chi connectivity index (χ1v) is 9.54. The van der Waals surface area contributed by atoms with Gasteiger partial charge in [0.05, 0.1) is 0 Å². The van der Waals surface area contributed by atoms with Crippen LogP contribution in [-0.2, 0) is 10.0 Å². The van der Waals surface area contributed by atoms with Crippen LogP contribution in [-0.4, -0.2) is 50.9 Å². The minimum absolute atomic E-state index is 0. The van der Waals surface area contributed by atoms with Crippen molar-refractivity contribution in [2.24, 2.45) is 0 Å². The Hall–Kier alpha value is -1.09. The van der Waals surface area contributed by atoms with Crippen molar-refractivity contribution < 1.29 is 17.6 Å². The number of aryl methyl sites for hydroxylation is 1. The fourth-order valence-electron chi connectivity index (χ4n) is 3.13. The van der Waals surface area contributed by atoms with Crippen LogP contribution in [0.25, 0.3) is 0 Å². The number of nitrogens with zero attached hydrogens (tertiary/aromatic N) is 1. The molecule has 0 spiro atoms. The van der Waals surface area contributed by atoms with Gasteiger partial charge < -0.3 is 15.1 Å². The van der Waals surface area contributed by atoms with Gasteiger partial charge in [-0.05, 0) is 39.2 Å². The summed E-state index contributed by atoms with van der Waals surface area (Å²) in [5.74, 6) is -0.0519. The highest BCUT2D eigenvalue weighted by atomic mass is 35.5. The highest BCUT2D eigenvalue weighted by molar-refractivity contribution is 7.89. The summed E-state index contributed by atoms with van der Waals surface area (Å²) >= 11 is 0. The molecule has 0 aromatic carbocycles. The second-order valence-electron chi connectivity index (χ2n) is 6.15. The van der Waals surface area contributed by atoms with Gasteiger partial charge in [0.25, 0.3) is 5.91 Å². The summed E-state index contributed by atoms with van der Waals surface area (Å²) in [5, 5.41) is 6.09. The number of hydrogen-bond donors (Lipinski definition) is 2. The molecule has 9 heteroatoms. The molecule has 7 nitrogen and oxygen atoms in total. The highest BCUT2D eigenvalue weighted by Crippen LogP contribution is 2.26. The molecule has 2 saturated heterocycles. The third kappa shape index (κ3) is 3.93. The molecule has 1 amide bonds. The van der Waals surface area contributed by atoms with Crippen molar-refractivity contribution in [3.63, 3.8) is 0 Å². The van der Waals surface area contributed by atoms with Crippen LogP contribution in [0, 0.1) is 6.92 Å². The summed E-state index contributed by atoms with van der Waals surface area (Å²) in [7, 11) is -3.57. The van der Waals surface area contributed by atoms with Gasteiger partial charge >= 0.3 is 0 Å². The molecular formula is C15H24ClN3O4S. The normalized spacial score (nSPS) is 21.6. The van der Waals surface area contributed by atoms with E-state index in [1.165, 1.54) is 10.4 Å². The lowest BCUT2D eigenvalue weighted by Gasteiger charge is -2.14. The molecule has 1 unspecified atom stereocenters. The summed E-state index contributed by atoms with van der Waals surface area (Å²) in [6.45, 7) is 4.13. The van der Waals surface area contributed by atoms with Gasteiger partial charge in [0.1, 0.15) is 10.7 Å². The molecule has 0 saturated carbocycles. The van der Waals surface area contributed by atoms with Gasteiger partial charge in [-0.15, -0.1) is 12.4 Å². The fourth-order valence-corrected chi connectivity index (χ4v) is 4.81. The maximum Gasteiger partial charge on any atom is 0.287 e. The average Bonchev–Trinajstić information content (AvgIpc) is 3.25. The number of halogens is 1. The van der Waals surface area contributed by atoms with Crippen molar-refractivity contribution in [2.45, 2.75) is 43.5 Å². The lowest BCUT2D eigenvalue weighted by atomic mass is 10.2. The second-order valence-corrected chi connectivity index (χ2v) is 8.05. The number of nitrogens with one attached hydrogen (secondary N) is 2. The Kier molecular flexibility index (Phi) is 6.30. The van der Waals surface area contributed by atoms with E-state index in [-0.39, 0.29) is 40.8 Å². The first-order chi connectivity index (χ1) is 11.0. The van der Waals surface area contributed by atoms with E-state index in [1.54, 1.807) is 6.92 Å². The van der Waals surface area contributed by atoms with Crippen LogP contribution in [0.4, 0.5) is 0 Å². The average molecular weight is 378 g/mol. The molecule has 0 aliphatic carbocycles. The molecule has 0 radical (unpaired) electrons. The van der Waals surface area contributed by atoms with Crippen molar-refractivity contribution in [1.82, 2.24) is 14.9 Å². The molecule has 1 aromatic rings. The lowest BCUT2D eigenvalue weighted by Crippen LogP contribution is -2.37. The standard InChI is InChI=1S/C15H23N3O4S.ClH/c1-11-14(23(20,21)18-7-2-3-8-18)9-13(22-11)15(19)17-10-12-5-4-6-16-12;/h9,12,16H,2-8,10H2,1H3,(H,17,19);1H. The molecule has 3 rings (SSSR count).